The zero-order valence-electron chi connectivity index (χ0n) is 10.5. The molecule has 2 aliphatic rings. The molecular weight excluding hydrogens is 216 g/mol. The number of carbonyl (C=O) groups is 1. The normalized spacial score (nSPS) is 40.4. The van der Waals surface area contributed by atoms with Crippen LogP contribution in [0, 0.1) is 28.6 Å². The summed E-state index contributed by atoms with van der Waals surface area (Å²) in [7, 11) is 0. The van der Waals surface area contributed by atoms with Crippen LogP contribution >= 0.6 is 0 Å². The first-order valence-electron chi connectivity index (χ1n) is 6.38. The van der Waals surface area contributed by atoms with Gasteiger partial charge in [0.15, 0.2) is 0 Å². The molecule has 1 aliphatic heterocycles. The largest absolute Gasteiger partial charge is 0.378 e. The van der Waals surface area contributed by atoms with Gasteiger partial charge in [0.2, 0.25) is 5.91 Å². The van der Waals surface area contributed by atoms with Gasteiger partial charge in [-0.1, -0.05) is 6.92 Å². The highest BCUT2D eigenvalue weighted by Gasteiger charge is 2.48. The van der Waals surface area contributed by atoms with Crippen molar-refractivity contribution in [1.29, 1.82) is 5.26 Å². The number of hydrogen-bond donors (Lipinski definition) is 1. The predicted octanol–water partition coefficient (Wildman–Crippen LogP) is 1.47. The van der Waals surface area contributed by atoms with Gasteiger partial charge in [0.1, 0.15) is 5.41 Å². The van der Waals surface area contributed by atoms with Gasteiger partial charge in [-0.25, -0.2) is 0 Å². The van der Waals surface area contributed by atoms with E-state index in [1.165, 1.54) is 0 Å². The van der Waals surface area contributed by atoms with Crippen molar-refractivity contribution >= 4 is 5.91 Å². The van der Waals surface area contributed by atoms with Crippen LogP contribution in [0.2, 0.25) is 0 Å². The fourth-order valence-electron chi connectivity index (χ4n) is 2.89. The Bertz CT molecular complexity index is 342. The second-order valence-corrected chi connectivity index (χ2v) is 5.54. The number of rotatable bonds is 3. The first-order chi connectivity index (χ1) is 8.07. The van der Waals surface area contributed by atoms with Crippen LogP contribution in [0.1, 0.15) is 33.1 Å². The molecule has 1 N–H and O–H groups in total. The van der Waals surface area contributed by atoms with E-state index in [1.54, 1.807) is 0 Å². The van der Waals surface area contributed by atoms with Crippen LogP contribution in [-0.2, 0) is 9.53 Å². The minimum Gasteiger partial charge on any atom is -0.378 e. The monoisotopic (exact) mass is 236 g/mol. The molecule has 1 aliphatic carbocycles. The van der Waals surface area contributed by atoms with Crippen LogP contribution in [-0.4, -0.2) is 25.2 Å². The van der Waals surface area contributed by atoms with E-state index < -0.39 is 5.41 Å². The van der Waals surface area contributed by atoms with E-state index in [2.05, 4.69) is 18.3 Å². The Morgan fingerprint density at radius 3 is 2.71 bits per heavy atom. The van der Waals surface area contributed by atoms with Gasteiger partial charge >= 0.3 is 0 Å². The molecule has 1 saturated heterocycles. The Morgan fingerprint density at radius 1 is 1.53 bits per heavy atom. The molecule has 0 aromatic carbocycles. The number of amides is 1. The molecule has 0 spiro atoms. The summed E-state index contributed by atoms with van der Waals surface area (Å²) in [5, 5.41) is 12.1. The summed E-state index contributed by atoms with van der Waals surface area (Å²) in [6.45, 7) is 5.53. The van der Waals surface area contributed by atoms with Gasteiger partial charge in [0.25, 0.3) is 0 Å². The third-order valence-corrected chi connectivity index (χ3v) is 4.10. The molecule has 2 rings (SSSR count). The Kier molecular flexibility index (Phi) is 3.39. The first kappa shape index (κ1) is 12.4. The average Bonchev–Trinajstić information content (AvgIpc) is 2.67. The van der Waals surface area contributed by atoms with E-state index in [0.29, 0.717) is 31.2 Å². The van der Waals surface area contributed by atoms with Crippen LogP contribution in [0.3, 0.4) is 0 Å². The quantitative estimate of drug-likeness (QED) is 0.807. The second kappa shape index (κ2) is 4.66. The molecule has 4 nitrogen and oxygen atoms in total. The van der Waals surface area contributed by atoms with Gasteiger partial charge in [0.05, 0.1) is 12.2 Å². The lowest BCUT2D eigenvalue weighted by Gasteiger charge is -2.39. The van der Waals surface area contributed by atoms with Gasteiger partial charge in [-0.15, -0.1) is 0 Å². The van der Waals surface area contributed by atoms with Gasteiger partial charge in [-0.05, 0) is 32.1 Å². The molecule has 17 heavy (non-hydrogen) atoms. The van der Waals surface area contributed by atoms with E-state index in [-0.39, 0.29) is 12.0 Å². The molecule has 4 heteroatoms. The summed E-state index contributed by atoms with van der Waals surface area (Å²) in [6, 6.07) is 2.19. The zero-order valence-corrected chi connectivity index (χ0v) is 10.5. The van der Waals surface area contributed by atoms with Gasteiger partial charge < -0.3 is 10.1 Å². The average molecular weight is 236 g/mol. The van der Waals surface area contributed by atoms with Crippen LogP contribution < -0.4 is 5.32 Å². The van der Waals surface area contributed by atoms with Crippen molar-refractivity contribution in [2.24, 2.45) is 17.3 Å². The Balaban J connectivity index is 1.83. The summed E-state index contributed by atoms with van der Waals surface area (Å²) < 4.78 is 5.45. The molecule has 0 radical (unpaired) electrons. The van der Waals surface area contributed by atoms with Crippen molar-refractivity contribution in [3.8, 4) is 6.07 Å². The van der Waals surface area contributed by atoms with E-state index in [9.17, 15) is 4.79 Å². The van der Waals surface area contributed by atoms with E-state index in [1.807, 2.05) is 6.92 Å². The summed E-state index contributed by atoms with van der Waals surface area (Å²) in [5.41, 5.74) is -0.748. The summed E-state index contributed by atoms with van der Waals surface area (Å²) in [4.78, 5) is 12.0. The number of hydrogen-bond acceptors (Lipinski definition) is 3. The molecule has 2 atom stereocenters. The fraction of sp³-hybridized carbons (Fsp3) is 0.846. The second-order valence-electron chi connectivity index (χ2n) is 5.54. The zero-order chi connectivity index (χ0) is 12.5. The van der Waals surface area contributed by atoms with Crippen molar-refractivity contribution < 1.29 is 9.53 Å². The minimum atomic E-state index is -0.748. The van der Waals surface area contributed by atoms with Crippen molar-refractivity contribution in [3.63, 3.8) is 0 Å². The molecule has 2 fully saturated rings. The van der Waals surface area contributed by atoms with Crippen LogP contribution in [0.5, 0.6) is 0 Å². The lowest BCUT2D eigenvalue weighted by Crippen LogP contribution is -2.49. The molecule has 2 unspecified atom stereocenters. The Morgan fingerprint density at radius 2 is 2.24 bits per heavy atom. The predicted molar refractivity (Wildman–Crippen MR) is 63.0 cm³/mol. The van der Waals surface area contributed by atoms with Crippen LogP contribution in [0.4, 0.5) is 0 Å². The number of nitriles is 1. The van der Waals surface area contributed by atoms with Crippen LogP contribution in [0.15, 0.2) is 0 Å². The molecule has 1 heterocycles. The SMILES string of the molecule is CC1CC(C#N)(C(=O)NCC2CCOC2C)C1. The molecule has 94 valence electrons. The Hall–Kier alpha value is -1.08. The number of carbonyl (C=O) groups excluding carboxylic acids is 1. The summed E-state index contributed by atoms with van der Waals surface area (Å²) in [6.07, 6.45) is 2.61. The maximum absolute atomic E-state index is 12.0. The van der Waals surface area contributed by atoms with E-state index in [4.69, 9.17) is 10.00 Å². The summed E-state index contributed by atoms with van der Waals surface area (Å²) >= 11 is 0. The van der Waals surface area contributed by atoms with E-state index in [0.717, 1.165) is 13.0 Å². The molecule has 0 aromatic heterocycles. The standard InChI is InChI=1S/C13H20N2O2/c1-9-5-13(6-9,8-14)12(16)15-7-11-3-4-17-10(11)2/h9-11H,3-7H2,1-2H3,(H,15,16). The van der Waals surface area contributed by atoms with Gasteiger partial charge in [-0.3, -0.25) is 4.79 Å². The van der Waals surface area contributed by atoms with Crippen molar-refractivity contribution in [3.05, 3.63) is 0 Å². The van der Waals surface area contributed by atoms with Crippen LogP contribution in [0.25, 0.3) is 0 Å². The fourth-order valence-corrected chi connectivity index (χ4v) is 2.89. The highest BCUT2D eigenvalue weighted by atomic mass is 16.5. The number of nitrogens with one attached hydrogen (secondary N) is 1. The molecule has 1 saturated carbocycles. The maximum Gasteiger partial charge on any atom is 0.240 e. The van der Waals surface area contributed by atoms with Crippen molar-refractivity contribution in [1.82, 2.24) is 5.32 Å². The van der Waals surface area contributed by atoms with Gasteiger partial charge in [-0.2, -0.15) is 5.26 Å². The molecule has 0 bridgehead atoms. The van der Waals surface area contributed by atoms with E-state index >= 15 is 0 Å². The minimum absolute atomic E-state index is 0.0859. The highest BCUT2D eigenvalue weighted by Crippen LogP contribution is 2.45. The Labute approximate surface area is 102 Å². The summed E-state index contributed by atoms with van der Waals surface area (Å²) in [5.74, 6) is 0.804. The van der Waals surface area contributed by atoms with Gasteiger partial charge in [0, 0.05) is 19.1 Å². The number of nitrogens with zero attached hydrogens (tertiary/aromatic N) is 1. The lowest BCUT2D eigenvalue weighted by atomic mass is 9.63. The topological polar surface area (TPSA) is 62.1 Å². The lowest BCUT2D eigenvalue weighted by molar-refractivity contribution is -0.134. The smallest absolute Gasteiger partial charge is 0.240 e. The third kappa shape index (κ3) is 2.30. The first-order valence-corrected chi connectivity index (χ1v) is 6.38. The van der Waals surface area contributed by atoms with Crippen molar-refractivity contribution in [2.45, 2.75) is 39.2 Å². The highest BCUT2D eigenvalue weighted by molar-refractivity contribution is 5.86. The molecular formula is C13H20N2O2. The number of ether oxygens (including phenoxy) is 1. The molecule has 0 aromatic rings. The maximum atomic E-state index is 12.0. The third-order valence-electron chi connectivity index (χ3n) is 4.10. The van der Waals surface area contributed by atoms with Crippen molar-refractivity contribution in [2.75, 3.05) is 13.2 Å². The molecule has 1 amide bonds.